The molecule has 3 heterocycles. The molecule has 0 N–H and O–H groups in total. The lowest BCUT2D eigenvalue weighted by atomic mass is 10.2. The summed E-state index contributed by atoms with van der Waals surface area (Å²) in [5, 5.41) is 11.8. The van der Waals surface area contributed by atoms with E-state index in [1.807, 2.05) is 24.3 Å². The maximum atomic E-state index is 5.51. The highest BCUT2D eigenvalue weighted by atomic mass is 32.2. The number of benzene rings is 1. The Balaban J connectivity index is 1.63. The van der Waals surface area contributed by atoms with Crippen molar-refractivity contribution >= 4 is 23.1 Å². The Morgan fingerprint density at radius 1 is 1.00 bits per heavy atom. The van der Waals surface area contributed by atoms with Crippen LogP contribution in [0.4, 0.5) is 0 Å². The van der Waals surface area contributed by atoms with Gasteiger partial charge in [-0.2, -0.15) is 0 Å². The van der Waals surface area contributed by atoms with Crippen LogP contribution >= 0.6 is 23.1 Å². The van der Waals surface area contributed by atoms with Crippen LogP contribution in [0.1, 0.15) is 11.3 Å². The number of hydrogen-bond donors (Lipinski definition) is 0. The topological polar surface area (TPSA) is 43.9 Å². The fourth-order valence-corrected chi connectivity index (χ4v) is 4.02. The summed E-state index contributed by atoms with van der Waals surface area (Å²) in [6.45, 7) is 0.629. The molecule has 4 rings (SSSR count). The molecular formula is C18H15N3OS2. The number of nitrogens with zero attached hydrogens (tertiary/aromatic N) is 3. The van der Waals surface area contributed by atoms with E-state index >= 15 is 0 Å². The molecule has 0 atom stereocenters. The third-order valence-electron chi connectivity index (χ3n) is 3.56. The van der Waals surface area contributed by atoms with E-state index in [0.717, 1.165) is 27.4 Å². The Morgan fingerprint density at radius 3 is 2.67 bits per heavy atom. The van der Waals surface area contributed by atoms with Crippen molar-refractivity contribution in [3.63, 3.8) is 0 Å². The molecule has 4 aromatic rings. The zero-order chi connectivity index (χ0) is 16.2. The number of aromatic nitrogens is 3. The van der Waals surface area contributed by atoms with Crippen molar-refractivity contribution < 1.29 is 4.42 Å². The summed E-state index contributed by atoms with van der Waals surface area (Å²) < 4.78 is 7.64. The van der Waals surface area contributed by atoms with Crippen molar-refractivity contribution in [1.29, 1.82) is 0 Å². The molecule has 6 heteroatoms. The molecule has 24 heavy (non-hydrogen) atoms. The van der Waals surface area contributed by atoms with Gasteiger partial charge in [-0.25, -0.2) is 0 Å². The van der Waals surface area contributed by atoms with Crippen molar-refractivity contribution in [1.82, 2.24) is 14.8 Å². The fraction of sp³-hybridized carbons (Fsp3) is 0.111. The Bertz CT molecular complexity index is 884. The van der Waals surface area contributed by atoms with Crippen molar-refractivity contribution in [3.05, 3.63) is 77.6 Å². The third kappa shape index (κ3) is 3.29. The molecule has 4 nitrogen and oxygen atoms in total. The molecule has 1 aromatic carbocycles. The monoisotopic (exact) mass is 353 g/mol. The van der Waals surface area contributed by atoms with Gasteiger partial charge in [0.05, 0.1) is 17.7 Å². The van der Waals surface area contributed by atoms with Gasteiger partial charge < -0.3 is 4.42 Å². The number of thiophene rings is 1. The first-order valence-electron chi connectivity index (χ1n) is 7.56. The van der Waals surface area contributed by atoms with E-state index in [1.165, 1.54) is 5.56 Å². The fourth-order valence-electron chi connectivity index (χ4n) is 2.41. The molecule has 0 bridgehead atoms. The number of hydrogen-bond acceptors (Lipinski definition) is 5. The summed E-state index contributed by atoms with van der Waals surface area (Å²) in [5.74, 6) is 2.65. The standard InChI is InChI=1S/C18H15N3OS2/c1-2-6-14(7-3-1)13-24-18-20-19-17(16-9-5-11-23-16)21(18)12-15-8-4-10-22-15/h1-11H,12-13H2. The lowest BCUT2D eigenvalue weighted by molar-refractivity contribution is 0.485. The van der Waals surface area contributed by atoms with Gasteiger partial charge in [0.15, 0.2) is 11.0 Å². The van der Waals surface area contributed by atoms with E-state index in [2.05, 4.69) is 50.5 Å². The quantitative estimate of drug-likeness (QED) is 0.461. The van der Waals surface area contributed by atoms with Crippen LogP contribution in [0.15, 0.2) is 75.8 Å². The molecule has 120 valence electrons. The lowest BCUT2D eigenvalue weighted by Gasteiger charge is -2.08. The van der Waals surface area contributed by atoms with Crippen molar-refractivity contribution in [2.45, 2.75) is 17.5 Å². The predicted molar refractivity (Wildman–Crippen MR) is 97.1 cm³/mol. The van der Waals surface area contributed by atoms with Gasteiger partial charge in [-0.15, -0.1) is 21.5 Å². The van der Waals surface area contributed by atoms with E-state index < -0.39 is 0 Å². The van der Waals surface area contributed by atoms with Crippen LogP contribution in [-0.2, 0) is 12.3 Å². The summed E-state index contributed by atoms with van der Waals surface area (Å²) in [5.41, 5.74) is 1.27. The molecule has 0 saturated heterocycles. The van der Waals surface area contributed by atoms with Crippen molar-refractivity contribution in [2.75, 3.05) is 0 Å². The first-order valence-corrected chi connectivity index (χ1v) is 9.43. The molecule has 0 spiro atoms. The summed E-state index contributed by atoms with van der Waals surface area (Å²) in [6, 6.07) is 18.4. The van der Waals surface area contributed by atoms with Crippen LogP contribution < -0.4 is 0 Å². The largest absolute Gasteiger partial charge is 0.467 e. The minimum atomic E-state index is 0.629. The molecular weight excluding hydrogens is 338 g/mol. The summed E-state index contributed by atoms with van der Waals surface area (Å²) in [7, 11) is 0. The van der Waals surface area contributed by atoms with Gasteiger partial charge in [-0.3, -0.25) is 4.57 Å². The van der Waals surface area contributed by atoms with Gasteiger partial charge in [-0.05, 0) is 29.1 Å². The van der Waals surface area contributed by atoms with E-state index in [-0.39, 0.29) is 0 Å². The van der Waals surface area contributed by atoms with E-state index in [0.29, 0.717) is 6.54 Å². The molecule has 0 fully saturated rings. The van der Waals surface area contributed by atoms with Crippen LogP contribution in [0.25, 0.3) is 10.7 Å². The average molecular weight is 353 g/mol. The van der Waals surface area contributed by atoms with Gasteiger partial charge in [-0.1, -0.05) is 48.2 Å². The second kappa shape index (κ2) is 7.07. The van der Waals surface area contributed by atoms with Gasteiger partial charge in [0.1, 0.15) is 5.76 Å². The summed E-state index contributed by atoms with van der Waals surface area (Å²) >= 11 is 3.36. The number of thioether (sulfide) groups is 1. The molecule has 0 aliphatic rings. The van der Waals surface area contributed by atoms with Crippen LogP contribution in [-0.4, -0.2) is 14.8 Å². The Hall–Kier alpha value is -2.31. The van der Waals surface area contributed by atoms with E-state index in [1.54, 1.807) is 29.4 Å². The summed E-state index contributed by atoms with van der Waals surface area (Å²) in [6.07, 6.45) is 1.70. The Morgan fingerprint density at radius 2 is 1.92 bits per heavy atom. The summed E-state index contributed by atoms with van der Waals surface area (Å²) in [4.78, 5) is 1.11. The molecule has 0 radical (unpaired) electrons. The van der Waals surface area contributed by atoms with Gasteiger partial charge in [0.25, 0.3) is 0 Å². The second-order valence-electron chi connectivity index (χ2n) is 5.22. The molecule has 0 aliphatic carbocycles. The highest BCUT2D eigenvalue weighted by Gasteiger charge is 2.16. The maximum Gasteiger partial charge on any atom is 0.192 e. The van der Waals surface area contributed by atoms with E-state index in [4.69, 9.17) is 4.42 Å². The van der Waals surface area contributed by atoms with Crippen molar-refractivity contribution in [3.8, 4) is 10.7 Å². The second-order valence-corrected chi connectivity index (χ2v) is 7.11. The minimum absolute atomic E-state index is 0.629. The SMILES string of the molecule is c1ccc(CSc2nnc(-c3cccs3)n2Cc2ccco2)cc1. The van der Waals surface area contributed by atoms with Crippen LogP contribution in [0.3, 0.4) is 0 Å². The molecule has 3 aromatic heterocycles. The van der Waals surface area contributed by atoms with E-state index in [9.17, 15) is 0 Å². The highest BCUT2D eigenvalue weighted by Crippen LogP contribution is 2.29. The Kier molecular flexibility index (Phi) is 4.49. The zero-order valence-electron chi connectivity index (χ0n) is 12.8. The zero-order valence-corrected chi connectivity index (χ0v) is 14.5. The van der Waals surface area contributed by atoms with Gasteiger partial charge in [0, 0.05) is 5.75 Å². The molecule has 0 amide bonds. The first kappa shape index (κ1) is 15.2. The van der Waals surface area contributed by atoms with Gasteiger partial charge >= 0.3 is 0 Å². The minimum Gasteiger partial charge on any atom is -0.467 e. The van der Waals surface area contributed by atoms with Crippen molar-refractivity contribution in [2.24, 2.45) is 0 Å². The normalized spacial score (nSPS) is 11.0. The first-order chi connectivity index (χ1) is 11.9. The molecule has 0 unspecified atom stereocenters. The molecule has 0 aliphatic heterocycles. The smallest absolute Gasteiger partial charge is 0.192 e. The van der Waals surface area contributed by atoms with Crippen LogP contribution in [0.2, 0.25) is 0 Å². The maximum absolute atomic E-state index is 5.51. The molecule has 0 saturated carbocycles. The third-order valence-corrected chi connectivity index (χ3v) is 5.47. The highest BCUT2D eigenvalue weighted by molar-refractivity contribution is 7.98. The van der Waals surface area contributed by atoms with Gasteiger partial charge in [0.2, 0.25) is 0 Å². The Labute approximate surface area is 148 Å². The van der Waals surface area contributed by atoms with Crippen LogP contribution in [0, 0.1) is 0 Å². The number of rotatable bonds is 6. The number of furan rings is 1. The lowest BCUT2D eigenvalue weighted by Crippen LogP contribution is -2.03. The van der Waals surface area contributed by atoms with Crippen LogP contribution in [0.5, 0.6) is 0 Å². The average Bonchev–Trinajstić information content (AvgIpc) is 3.37. The predicted octanol–water partition coefficient (Wildman–Crippen LogP) is 4.94.